The monoisotopic (exact) mass is 244 g/mol. The topological polar surface area (TPSA) is 75.4 Å². The largest absolute Gasteiger partial charge is 0.392 e. The van der Waals surface area contributed by atoms with Crippen molar-refractivity contribution in [2.24, 2.45) is 0 Å². The van der Waals surface area contributed by atoms with Gasteiger partial charge in [-0.2, -0.15) is 0 Å². The Morgan fingerprint density at radius 3 is 2.69 bits per heavy atom. The van der Waals surface area contributed by atoms with Crippen LogP contribution in [0.15, 0.2) is 12.1 Å². The van der Waals surface area contributed by atoms with Gasteiger partial charge in [-0.05, 0) is 19.4 Å². The van der Waals surface area contributed by atoms with Crippen molar-refractivity contribution in [2.75, 3.05) is 11.9 Å². The van der Waals surface area contributed by atoms with Crippen LogP contribution in [0.25, 0.3) is 0 Å². The van der Waals surface area contributed by atoms with Crippen LogP contribution in [0.5, 0.6) is 0 Å². The predicted molar refractivity (Wildman–Crippen MR) is 63.0 cm³/mol. The Bertz CT molecular complexity index is 384. The standard InChI is InChI=1S/C10H13ClN2O3/c1-6-3-8(13(15)16)4-9(11)10(6)12-5-7(2)14/h3-4,7,12,14H,5H2,1-2H3/t7-/m0/s1. The molecule has 1 atom stereocenters. The van der Waals surface area contributed by atoms with E-state index in [4.69, 9.17) is 16.7 Å². The highest BCUT2D eigenvalue weighted by atomic mass is 35.5. The zero-order chi connectivity index (χ0) is 12.3. The molecule has 0 saturated carbocycles. The van der Waals surface area contributed by atoms with Crippen LogP contribution >= 0.6 is 11.6 Å². The van der Waals surface area contributed by atoms with Crippen molar-refractivity contribution in [3.63, 3.8) is 0 Å². The van der Waals surface area contributed by atoms with Gasteiger partial charge >= 0.3 is 0 Å². The van der Waals surface area contributed by atoms with Crippen molar-refractivity contribution >= 4 is 23.0 Å². The molecule has 6 heteroatoms. The third kappa shape index (κ3) is 3.08. The number of nitro groups is 1. The van der Waals surface area contributed by atoms with Gasteiger partial charge in [0.25, 0.3) is 5.69 Å². The summed E-state index contributed by atoms with van der Waals surface area (Å²) in [6.07, 6.45) is -0.509. The SMILES string of the molecule is Cc1cc([N+](=O)[O-])cc(Cl)c1NC[C@H](C)O. The van der Waals surface area contributed by atoms with Crippen molar-refractivity contribution in [3.8, 4) is 0 Å². The number of hydrogen-bond donors (Lipinski definition) is 2. The van der Waals surface area contributed by atoms with Gasteiger partial charge in [-0.1, -0.05) is 11.6 Å². The van der Waals surface area contributed by atoms with Gasteiger partial charge in [0.15, 0.2) is 0 Å². The Balaban J connectivity index is 2.98. The fraction of sp³-hybridized carbons (Fsp3) is 0.400. The molecule has 0 aliphatic heterocycles. The molecule has 88 valence electrons. The Kier molecular flexibility index (Phi) is 4.09. The average molecular weight is 245 g/mol. The smallest absolute Gasteiger partial charge is 0.271 e. The summed E-state index contributed by atoms with van der Waals surface area (Å²) in [6.45, 7) is 3.71. The third-order valence-electron chi connectivity index (χ3n) is 2.06. The molecule has 5 nitrogen and oxygen atoms in total. The van der Waals surface area contributed by atoms with Gasteiger partial charge in [-0.25, -0.2) is 0 Å². The Labute approximate surface area is 98.2 Å². The van der Waals surface area contributed by atoms with Crippen LogP contribution in [-0.4, -0.2) is 22.7 Å². The fourth-order valence-corrected chi connectivity index (χ4v) is 1.63. The number of nitro benzene ring substituents is 1. The van der Waals surface area contributed by atoms with Crippen LogP contribution in [0.1, 0.15) is 12.5 Å². The molecule has 0 fully saturated rings. The number of benzene rings is 1. The summed E-state index contributed by atoms with van der Waals surface area (Å²) in [7, 11) is 0. The molecule has 16 heavy (non-hydrogen) atoms. The molecule has 0 aliphatic carbocycles. The summed E-state index contributed by atoms with van der Waals surface area (Å²) < 4.78 is 0. The molecule has 0 amide bonds. The second-order valence-electron chi connectivity index (χ2n) is 3.61. The van der Waals surface area contributed by atoms with E-state index in [1.807, 2.05) is 0 Å². The van der Waals surface area contributed by atoms with Crippen molar-refractivity contribution in [1.29, 1.82) is 0 Å². The highest BCUT2D eigenvalue weighted by Gasteiger charge is 2.13. The molecule has 0 aliphatic rings. The minimum atomic E-state index is -0.509. The van der Waals surface area contributed by atoms with Crippen molar-refractivity contribution in [2.45, 2.75) is 20.0 Å². The number of aliphatic hydroxyl groups is 1. The lowest BCUT2D eigenvalue weighted by Gasteiger charge is -2.12. The van der Waals surface area contributed by atoms with E-state index in [9.17, 15) is 10.1 Å². The summed E-state index contributed by atoms with van der Waals surface area (Å²) >= 11 is 5.91. The van der Waals surface area contributed by atoms with E-state index in [-0.39, 0.29) is 10.7 Å². The summed E-state index contributed by atoms with van der Waals surface area (Å²) in [4.78, 5) is 10.1. The van der Waals surface area contributed by atoms with E-state index in [1.165, 1.54) is 12.1 Å². The lowest BCUT2D eigenvalue weighted by atomic mass is 10.1. The van der Waals surface area contributed by atoms with Gasteiger partial charge in [0.1, 0.15) is 0 Å². The number of halogens is 1. The number of rotatable bonds is 4. The first-order chi connectivity index (χ1) is 7.41. The molecule has 0 aromatic heterocycles. The van der Waals surface area contributed by atoms with Gasteiger partial charge in [0, 0.05) is 18.7 Å². The maximum absolute atomic E-state index is 10.6. The molecule has 0 unspecified atom stereocenters. The summed E-state index contributed by atoms with van der Waals surface area (Å²) in [5, 5.41) is 22.9. The zero-order valence-corrected chi connectivity index (χ0v) is 9.78. The van der Waals surface area contributed by atoms with E-state index in [0.29, 0.717) is 17.8 Å². The van der Waals surface area contributed by atoms with Crippen molar-refractivity contribution in [1.82, 2.24) is 0 Å². The van der Waals surface area contributed by atoms with Crippen LogP contribution in [0, 0.1) is 17.0 Å². The Morgan fingerprint density at radius 1 is 1.62 bits per heavy atom. The van der Waals surface area contributed by atoms with Crippen LogP contribution in [0.4, 0.5) is 11.4 Å². The van der Waals surface area contributed by atoms with Crippen LogP contribution in [0.2, 0.25) is 5.02 Å². The van der Waals surface area contributed by atoms with Crippen LogP contribution in [-0.2, 0) is 0 Å². The fourth-order valence-electron chi connectivity index (χ4n) is 1.31. The number of nitrogens with one attached hydrogen (secondary N) is 1. The molecule has 0 saturated heterocycles. The van der Waals surface area contributed by atoms with Gasteiger partial charge in [0.05, 0.1) is 21.7 Å². The molecule has 1 aromatic rings. The second-order valence-corrected chi connectivity index (χ2v) is 4.01. The Morgan fingerprint density at radius 2 is 2.25 bits per heavy atom. The first-order valence-electron chi connectivity index (χ1n) is 4.78. The number of anilines is 1. The molecule has 0 radical (unpaired) electrons. The molecule has 0 heterocycles. The minimum absolute atomic E-state index is 0.0369. The number of hydrogen-bond acceptors (Lipinski definition) is 4. The lowest BCUT2D eigenvalue weighted by molar-refractivity contribution is -0.384. The van der Waals surface area contributed by atoms with Gasteiger partial charge in [0.2, 0.25) is 0 Å². The molecule has 2 N–H and O–H groups in total. The van der Waals surface area contributed by atoms with Crippen LogP contribution < -0.4 is 5.32 Å². The number of aliphatic hydroxyl groups excluding tert-OH is 1. The highest BCUT2D eigenvalue weighted by molar-refractivity contribution is 6.33. The van der Waals surface area contributed by atoms with Gasteiger partial charge in [-0.3, -0.25) is 10.1 Å². The van der Waals surface area contributed by atoms with E-state index in [2.05, 4.69) is 5.32 Å². The van der Waals surface area contributed by atoms with E-state index in [1.54, 1.807) is 13.8 Å². The van der Waals surface area contributed by atoms with Crippen molar-refractivity contribution in [3.05, 3.63) is 32.8 Å². The number of non-ortho nitro benzene ring substituents is 1. The molecular formula is C10H13ClN2O3. The maximum Gasteiger partial charge on any atom is 0.271 e. The first-order valence-corrected chi connectivity index (χ1v) is 5.16. The summed E-state index contributed by atoms with van der Waals surface area (Å²) in [6, 6.07) is 2.73. The second kappa shape index (κ2) is 5.14. The molecule has 0 spiro atoms. The molecular weight excluding hydrogens is 232 g/mol. The first kappa shape index (κ1) is 12.7. The maximum atomic E-state index is 10.6. The minimum Gasteiger partial charge on any atom is -0.392 e. The molecule has 0 bridgehead atoms. The van der Waals surface area contributed by atoms with Gasteiger partial charge in [-0.15, -0.1) is 0 Å². The summed E-state index contributed by atoms with van der Waals surface area (Å²) in [5.41, 5.74) is 1.26. The third-order valence-corrected chi connectivity index (χ3v) is 2.36. The van der Waals surface area contributed by atoms with Gasteiger partial charge < -0.3 is 10.4 Å². The van der Waals surface area contributed by atoms with E-state index in [0.717, 1.165) is 0 Å². The number of nitrogens with zero attached hydrogens (tertiary/aromatic N) is 1. The van der Waals surface area contributed by atoms with Crippen LogP contribution in [0.3, 0.4) is 0 Å². The lowest BCUT2D eigenvalue weighted by Crippen LogP contribution is -2.16. The normalized spacial score (nSPS) is 12.2. The average Bonchev–Trinajstić information content (AvgIpc) is 2.15. The molecule has 1 aromatic carbocycles. The number of aryl methyl sites for hydroxylation is 1. The molecule has 1 rings (SSSR count). The zero-order valence-electron chi connectivity index (χ0n) is 9.03. The predicted octanol–water partition coefficient (Wildman–Crippen LogP) is 2.35. The van der Waals surface area contributed by atoms with E-state index < -0.39 is 11.0 Å². The van der Waals surface area contributed by atoms with E-state index >= 15 is 0 Å². The highest BCUT2D eigenvalue weighted by Crippen LogP contribution is 2.30. The van der Waals surface area contributed by atoms with Crippen molar-refractivity contribution < 1.29 is 10.0 Å². The Hall–Kier alpha value is -1.33. The summed E-state index contributed by atoms with van der Waals surface area (Å²) in [5.74, 6) is 0. The quantitative estimate of drug-likeness (QED) is 0.630.